The summed E-state index contributed by atoms with van der Waals surface area (Å²) in [6, 6.07) is 0.501. The summed E-state index contributed by atoms with van der Waals surface area (Å²) in [7, 11) is 0. The first-order chi connectivity index (χ1) is 6.45. The van der Waals surface area contributed by atoms with Crippen molar-refractivity contribution in [1.29, 1.82) is 0 Å². The van der Waals surface area contributed by atoms with Crippen LogP contribution >= 0.6 is 0 Å². The average Bonchev–Trinajstić information content (AvgIpc) is 2.12. The average molecular weight is 203 g/mol. The number of halogens is 2. The van der Waals surface area contributed by atoms with Crippen LogP contribution < -0.4 is 5.73 Å². The van der Waals surface area contributed by atoms with Crippen LogP contribution in [-0.2, 0) is 0 Å². The molecule has 0 aromatic heterocycles. The maximum Gasteiger partial charge on any atom is 0.165 e. The van der Waals surface area contributed by atoms with Crippen LogP contribution in [-0.4, -0.2) is 16.3 Å². The molecule has 0 aliphatic rings. The molecule has 78 valence electrons. The highest BCUT2D eigenvalue weighted by atomic mass is 19.1. The van der Waals surface area contributed by atoms with Gasteiger partial charge in [-0.1, -0.05) is 0 Å². The molecule has 0 aliphatic carbocycles. The molecule has 0 aliphatic heterocycles. The summed E-state index contributed by atoms with van der Waals surface area (Å²) >= 11 is 0. The summed E-state index contributed by atoms with van der Waals surface area (Å²) < 4.78 is 26.0. The molecule has 0 radical (unpaired) electrons. The highest BCUT2D eigenvalue weighted by Gasteiger charge is 2.22. The van der Waals surface area contributed by atoms with E-state index in [0.29, 0.717) is 0 Å². The maximum absolute atomic E-state index is 13.1. The molecule has 0 unspecified atom stereocenters. The van der Waals surface area contributed by atoms with Crippen LogP contribution in [0.15, 0.2) is 12.1 Å². The second kappa shape index (κ2) is 3.89. The lowest BCUT2D eigenvalue weighted by Gasteiger charge is -2.17. The Morgan fingerprint density at radius 3 is 2.29 bits per heavy atom. The van der Waals surface area contributed by atoms with E-state index in [9.17, 15) is 13.9 Å². The molecular formula is C9H11F2NO2. The molecule has 1 aromatic rings. The molecule has 0 fully saturated rings. The van der Waals surface area contributed by atoms with Gasteiger partial charge in [-0.15, -0.1) is 0 Å². The predicted molar refractivity (Wildman–Crippen MR) is 46.6 cm³/mol. The molecule has 0 saturated heterocycles. The zero-order valence-electron chi connectivity index (χ0n) is 7.54. The minimum Gasteiger partial charge on any atom is -0.505 e. The Hall–Kier alpha value is -1.20. The monoisotopic (exact) mass is 203 g/mol. The Morgan fingerprint density at radius 2 is 1.79 bits per heavy atom. The number of hydrogen-bond acceptors (Lipinski definition) is 3. The highest BCUT2D eigenvalue weighted by molar-refractivity contribution is 5.37. The van der Waals surface area contributed by atoms with E-state index in [4.69, 9.17) is 10.8 Å². The van der Waals surface area contributed by atoms with E-state index in [-0.39, 0.29) is 0 Å². The third-order valence-electron chi connectivity index (χ3n) is 1.97. The number of aromatic hydroxyl groups is 1. The topological polar surface area (TPSA) is 66.5 Å². The quantitative estimate of drug-likeness (QED) is 0.673. The Morgan fingerprint density at radius 1 is 1.29 bits per heavy atom. The first-order valence-corrected chi connectivity index (χ1v) is 4.05. The van der Waals surface area contributed by atoms with Gasteiger partial charge in [0.25, 0.3) is 0 Å². The second-order valence-electron chi connectivity index (χ2n) is 3.06. The van der Waals surface area contributed by atoms with E-state index < -0.39 is 35.1 Å². The highest BCUT2D eigenvalue weighted by Crippen LogP contribution is 2.29. The van der Waals surface area contributed by atoms with Crippen molar-refractivity contribution in [3.8, 4) is 5.75 Å². The molecule has 1 rings (SSSR count). The molecule has 0 spiro atoms. The molecule has 0 amide bonds. The fraction of sp³-hybridized carbons (Fsp3) is 0.333. The zero-order valence-corrected chi connectivity index (χ0v) is 7.54. The van der Waals surface area contributed by atoms with E-state index in [2.05, 4.69) is 0 Å². The van der Waals surface area contributed by atoms with Gasteiger partial charge >= 0.3 is 0 Å². The van der Waals surface area contributed by atoms with Gasteiger partial charge in [0.05, 0.1) is 17.7 Å². The van der Waals surface area contributed by atoms with E-state index in [1.54, 1.807) is 0 Å². The van der Waals surface area contributed by atoms with Gasteiger partial charge in [0.2, 0.25) is 0 Å². The molecular weight excluding hydrogens is 192 g/mol. The minimum atomic E-state index is -1.15. The Kier molecular flexibility index (Phi) is 3.03. The second-order valence-corrected chi connectivity index (χ2v) is 3.06. The first-order valence-electron chi connectivity index (χ1n) is 4.05. The Bertz CT molecular complexity index is 342. The van der Waals surface area contributed by atoms with Crippen molar-refractivity contribution in [2.24, 2.45) is 5.73 Å². The minimum absolute atomic E-state index is 0.403. The number of benzene rings is 1. The summed E-state index contributed by atoms with van der Waals surface area (Å²) in [5.74, 6) is -2.65. The lowest BCUT2D eigenvalue weighted by molar-refractivity contribution is 0.160. The Labute approximate surface area is 79.8 Å². The number of nitrogens with two attached hydrogens (primary N) is 1. The third kappa shape index (κ3) is 1.83. The molecule has 14 heavy (non-hydrogen) atoms. The Balaban J connectivity index is 3.25. The van der Waals surface area contributed by atoms with Crippen molar-refractivity contribution < 1.29 is 19.0 Å². The van der Waals surface area contributed by atoms with Crippen LogP contribution in [0.1, 0.15) is 18.5 Å². The van der Waals surface area contributed by atoms with Crippen molar-refractivity contribution in [1.82, 2.24) is 0 Å². The normalized spacial score (nSPS) is 15.2. The van der Waals surface area contributed by atoms with Crippen molar-refractivity contribution in [2.75, 3.05) is 0 Å². The molecule has 0 bridgehead atoms. The largest absolute Gasteiger partial charge is 0.505 e. The molecule has 0 heterocycles. The van der Waals surface area contributed by atoms with Crippen LogP contribution in [0.4, 0.5) is 8.78 Å². The molecule has 4 N–H and O–H groups in total. The smallest absolute Gasteiger partial charge is 0.165 e. The van der Waals surface area contributed by atoms with Crippen LogP contribution in [0.2, 0.25) is 0 Å². The van der Waals surface area contributed by atoms with Crippen molar-refractivity contribution in [3.05, 3.63) is 29.3 Å². The number of aliphatic hydroxyl groups excluding tert-OH is 1. The molecule has 3 nitrogen and oxygen atoms in total. The van der Waals surface area contributed by atoms with Crippen LogP contribution in [0.25, 0.3) is 0 Å². The lowest BCUT2D eigenvalue weighted by Crippen LogP contribution is -2.24. The van der Waals surface area contributed by atoms with E-state index in [1.165, 1.54) is 6.92 Å². The van der Waals surface area contributed by atoms with Gasteiger partial charge in [0.15, 0.2) is 11.6 Å². The number of aliphatic hydroxyl groups is 1. The summed E-state index contributed by atoms with van der Waals surface area (Å²) in [6.45, 7) is 1.33. The number of rotatable bonds is 2. The van der Waals surface area contributed by atoms with Gasteiger partial charge in [0, 0.05) is 0 Å². The molecule has 0 saturated carbocycles. The number of phenols is 1. The van der Waals surface area contributed by atoms with Crippen LogP contribution in [0.3, 0.4) is 0 Å². The van der Waals surface area contributed by atoms with Crippen LogP contribution in [0.5, 0.6) is 5.75 Å². The van der Waals surface area contributed by atoms with Gasteiger partial charge in [-0.25, -0.2) is 8.78 Å². The van der Waals surface area contributed by atoms with Gasteiger partial charge in [-0.3, -0.25) is 0 Å². The third-order valence-corrected chi connectivity index (χ3v) is 1.97. The van der Waals surface area contributed by atoms with Gasteiger partial charge in [0.1, 0.15) is 5.82 Å². The standard InChI is InChI=1S/C9H11F2NO2/c1-4(13)8(12)7-5(10)2-3-6(11)9(7)14/h2-4,8,13-14H,12H2,1H3/t4-,8-/m1/s1. The number of phenolic OH excluding ortho intramolecular Hbond substituents is 1. The molecule has 1 aromatic carbocycles. The van der Waals surface area contributed by atoms with E-state index in [0.717, 1.165) is 12.1 Å². The zero-order chi connectivity index (χ0) is 10.9. The fourth-order valence-electron chi connectivity index (χ4n) is 1.12. The molecule has 2 atom stereocenters. The molecule has 5 heteroatoms. The van der Waals surface area contributed by atoms with Crippen molar-refractivity contribution in [3.63, 3.8) is 0 Å². The summed E-state index contributed by atoms with van der Waals surface area (Å²) in [6.07, 6.45) is -1.07. The van der Waals surface area contributed by atoms with Gasteiger partial charge in [-0.05, 0) is 19.1 Å². The van der Waals surface area contributed by atoms with E-state index in [1.807, 2.05) is 0 Å². The van der Waals surface area contributed by atoms with Gasteiger partial charge < -0.3 is 15.9 Å². The maximum atomic E-state index is 13.1. The summed E-state index contributed by atoms with van der Waals surface area (Å²) in [4.78, 5) is 0. The number of hydrogen-bond donors (Lipinski definition) is 3. The van der Waals surface area contributed by atoms with Crippen molar-refractivity contribution >= 4 is 0 Å². The lowest BCUT2D eigenvalue weighted by atomic mass is 10.0. The van der Waals surface area contributed by atoms with Crippen LogP contribution in [0, 0.1) is 11.6 Å². The predicted octanol–water partition coefficient (Wildman–Crippen LogP) is 1.05. The fourth-order valence-corrected chi connectivity index (χ4v) is 1.12. The van der Waals surface area contributed by atoms with Gasteiger partial charge in [-0.2, -0.15) is 0 Å². The first kappa shape index (κ1) is 10.9. The SMILES string of the molecule is C[C@@H](O)[C@@H](N)c1c(F)ccc(F)c1O. The van der Waals surface area contributed by atoms with Crippen molar-refractivity contribution in [2.45, 2.75) is 19.1 Å². The summed E-state index contributed by atoms with van der Waals surface area (Å²) in [5.41, 5.74) is 4.99. The summed E-state index contributed by atoms with van der Waals surface area (Å²) in [5, 5.41) is 18.3. The van der Waals surface area contributed by atoms with E-state index >= 15 is 0 Å².